The third-order valence-corrected chi connectivity index (χ3v) is 7.77. The number of anilines is 1. The van der Waals surface area contributed by atoms with E-state index in [9.17, 15) is 9.59 Å². The van der Waals surface area contributed by atoms with Gasteiger partial charge in [0.15, 0.2) is 0 Å². The minimum absolute atomic E-state index is 0.141. The maximum atomic E-state index is 13.0. The molecule has 0 saturated heterocycles. The number of benzene rings is 2. The molecule has 1 fully saturated rings. The van der Waals surface area contributed by atoms with Crippen molar-refractivity contribution < 1.29 is 14.3 Å². The Morgan fingerprint density at radius 2 is 1.73 bits per heavy atom. The lowest BCUT2D eigenvalue weighted by molar-refractivity contribution is 0.0911. The molecular weight excluding hydrogens is 484 g/mol. The van der Waals surface area contributed by atoms with E-state index in [4.69, 9.17) is 4.74 Å². The van der Waals surface area contributed by atoms with Crippen LogP contribution in [0.4, 0.5) is 10.5 Å². The molecule has 8 heteroatoms. The molecule has 0 aliphatic heterocycles. The summed E-state index contributed by atoms with van der Waals surface area (Å²) in [5, 5.41) is 11.6. The second kappa shape index (κ2) is 12.2. The van der Waals surface area contributed by atoms with E-state index < -0.39 is 0 Å². The molecule has 3 amide bonds. The van der Waals surface area contributed by atoms with Crippen molar-refractivity contribution in [2.75, 3.05) is 5.32 Å². The molecule has 0 unspecified atom stereocenters. The molecule has 1 aliphatic rings. The van der Waals surface area contributed by atoms with E-state index in [2.05, 4.69) is 46.9 Å². The van der Waals surface area contributed by atoms with Crippen LogP contribution < -0.4 is 20.7 Å². The van der Waals surface area contributed by atoms with Gasteiger partial charge < -0.3 is 20.7 Å². The van der Waals surface area contributed by atoms with E-state index in [0.29, 0.717) is 18.2 Å². The van der Waals surface area contributed by atoms with Gasteiger partial charge in [0.05, 0.1) is 6.04 Å². The number of hydrogen-bond acceptors (Lipinski definition) is 5. The van der Waals surface area contributed by atoms with Gasteiger partial charge in [-0.2, -0.15) is 0 Å². The summed E-state index contributed by atoms with van der Waals surface area (Å²) in [5.74, 6) is 1.03. The third-order valence-electron chi connectivity index (χ3n) is 6.95. The number of thiazole rings is 1. The van der Waals surface area contributed by atoms with Crippen LogP contribution in [0.25, 0.3) is 0 Å². The first-order chi connectivity index (χ1) is 17.8. The highest BCUT2D eigenvalue weighted by atomic mass is 32.1. The summed E-state index contributed by atoms with van der Waals surface area (Å²) in [7, 11) is 0. The quantitative estimate of drug-likeness (QED) is 0.324. The van der Waals surface area contributed by atoms with Crippen molar-refractivity contribution in [1.82, 2.24) is 15.6 Å². The third kappa shape index (κ3) is 7.10. The van der Waals surface area contributed by atoms with E-state index in [1.54, 1.807) is 5.38 Å². The lowest BCUT2D eigenvalue weighted by Gasteiger charge is -2.32. The smallest absolute Gasteiger partial charge is 0.319 e. The number of nitrogens with one attached hydrogen (secondary N) is 3. The maximum Gasteiger partial charge on any atom is 0.319 e. The molecule has 4 rings (SSSR count). The molecule has 1 heterocycles. The SMILES string of the molecule is Cc1cccc(NC(=O)N[C@@H]2CCCC[C@@H]2NC(=O)c2csc(COc3ccc(C(C)C)cc3)n2)c1C. The molecule has 2 atom stereocenters. The molecule has 1 aromatic heterocycles. The Labute approximate surface area is 223 Å². The van der Waals surface area contributed by atoms with Gasteiger partial charge in [-0.25, -0.2) is 9.78 Å². The Balaban J connectivity index is 1.31. The Hall–Kier alpha value is -3.39. The molecule has 1 aliphatic carbocycles. The number of carbonyl (C=O) groups is 2. The molecule has 0 spiro atoms. The van der Waals surface area contributed by atoms with Crippen LogP contribution in [0.15, 0.2) is 47.8 Å². The standard InChI is InChI=1S/C29H36N4O3S/c1-18(2)21-12-14-22(15-13-21)36-16-27-30-26(17-37-27)28(34)31-24-9-5-6-10-25(24)33-29(35)32-23-11-7-8-19(3)20(23)4/h7-8,11-15,17-18,24-25H,5-6,9-10,16H2,1-4H3,(H,31,34)(H2,32,33,35)/t24-,25+/m0/s1. The first-order valence-electron chi connectivity index (χ1n) is 12.9. The highest BCUT2D eigenvalue weighted by Gasteiger charge is 2.29. The summed E-state index contributed by atoms with van der Waals surface area (Å²) in [5.41, 5.74) is 4.60. The summed E-state index contributed by atoms with van der Waals surface area (Å²) in [6.45, 7) is 8.63. The second-order valence-corrected chi connectivity index (χ2v) is 10.9. The Bertz CT molecular complexity index is 1220. The number of aryl methyl sites for hydroxylation is 1. The monoisotopic (exact) mass is 520 g/mol. The molecule has 3 aromatic rings. The van der Waals surface area contributed by atoms with Crippen LogP contribution in [-0.2, 0) is 6.61 Å². The second-order valence-electron chi connectivity index (χ2n) is 9.96. The van der Waals surface area contributed by atoms with Crippen LogP contribution in [0, 0.1) is 13.8 Å². The summed E-state index contributed by atoms with van der Waals surface area (Å²) in [6, 6.07) is 13.4. The molecular formula is C29H36N4O3S. The minimum Gasteiger partial charge on any atom is -0.486 e. The average molecular weight is 521 g/mol. The predicted octanol–water partition coefficient (Wildman–Crippen LogP) is 6.33. The number of hydrogen-bond donors (Lipinski definition) is 3. The van der Waals surface area contributed by atoms with Crippen molar-refractivity contribution >= 4 is 29.0 Å². The zero-order chi connectivity index (χ0) is 26.4. The van der Waals surface area contributed by atoms with E-state index >= 15 is 0 Å². The average Bonchev–Trinajstić information content (AvgIpc) is 3.36. The zero-order valence-corrected chi connectivity index (χ0v) is 22.8. The number of nitrogens with zero attached hydrogens (tertiary/aromatic N) is 1. The lowest BCUT2D eigenvalue weighted by Crippen LogP contribution is -2.54. The van der Waals surface area contributed by atoms with Crippen LogP contribution in [-0.4, -0.2) is 29.0 Å². The van der Waals surface area contributed by atoms with Gasteiger partial charge in [-0.1, -0.05) is 51.0 Å². The van der Waals surface area contributed by atoms with E-state index in [0.717, 1.165) is 53.3 Å². The van der Waals surface area contributed by atoms with E-state index in [1.807, 2.05) is 44.2 Å². The van der Waals surface area contributed by atoms with Crippen LogP contribution >= 0.6 is 11.3 Å². The molecule has 37 heavy (non-hydrogen) atoms. The fraction of sp³-hybridized carbons (Fsp3) is 0.414. The van der Waals surface area contributed by atoms with E-state index in [1.165, 1.54) is 16.9 Å². The molecule has 1 saturated carbocycles. The van der Waals surface area contributed by atoms with Gasteiger partial charge in [0, 0.05) is 17.1 Å². The normalized spacial score (nSPS) is 17.3. The first-order valence-corrected chi connectivity index (χ1v) is 13.8. The van der Waals surface area contributed by atoms with Crippen LogP contribution in [0.3, 0.4) is 0 Å². The number of carbonyl (C=O) groups excluding carboxylic acids is 2. The summed E-state index contributed by atoms with van der Waals surface area (Å²) in [4.78, 5) is 30.2. The fourth-order valence-corrected chi connectivity index (χ4v) is 5.19. The predicted molar refractivity (Wildman–Crippen MR) is 149 cm³/mol. The Morgan fingerprint density at radius 1 is 1.03 bits per heavy atom. The number of ether oxygens (including phenoxy) is 1. The Morgan fingerprint density at radius 3 is 2.43 bits per heavy atom. The Kier molecular flexibility index (Phi) is 8.82. The molecule has 7 nitrogen and oxygen atoms in total. The number of aromatic nitrogens is 1. The highest BCUT2D eigenvalue weighted by Crippen LogP contribution is 2.23. The van der Waals surface area contributed by atoms with Gasteiger partial charge in [0.2, 0.25) is 0 Å². The minimum atomic E-state index is -0.255. The van der Waals surface area contributed by atoms with Crippen LogP contribution in [0.2, 0.25) is 0 Å². The van der Waals surface area contributed by atoms with Gasteiger partial charge in [0.25, 0.3) is 5.91 Å². The molecule has 0 bridgehead atoms. The summed E-state index contributed by atoms with van der Waals surface area (Å²) >= 11 is 1.41. The number of amides is 3. The number of rotatable bonds is 8. The van der Waals surface area contributed by atoms with Crippen molar-refractivity contribution in [3.63, 3.8) is 0 Å². The topological polar surface area (TPSA) is 92.4 Å². The van der Waals surface area contributed by atoms with Gasteiger partial charge in [-0.3, -0.25) is 4.79 Å². The van der Waals surface area contributed by atoms with Gasteiger partial charge >= 0.3 is 6.03 Å². The highest BCUT2D eigenvalue weighted by molar-refractivity contribution is 7.09. The molecule has 0 radical (unpaired) electrons. The largest absolute Gasteiger partial charge is 0.486 e. The van der Waals surface area contributed by atoms with Crippen LogP contribution in [0.1, 0.15) is 77.6 Å². The summed E-state index contributed by atoms with van der Waals surface area (Å²) < 4.78 is 5.86. The van der Waals surface area contributed by atoms with Gasteiger partial charge in [0.1, 0.15) is 23.1 Å². The maximum absolute atomic E-state index is 13.0. The zero-order valence-electron chi connectivity index (χ0n) is 22.0. The van der Waals surface area contributed by atoms with Crippen molar-refractivity contribution in [3.8, 4) is 5.75 Å². The van der Waals surface area contributed by atoms with Gasteiger partial charge in [-0.05, 0) is 67.5 Å². The van der Waals surface area contributed by atoms with Crippen LogP contribution in [0.5, 0.6) is 5.75 Å². The van der Waals surface area contributed by atoms with Crippen molar-refractivity contribution in [3.05, 3.63) is 75.2 Å². The van der Waals surface area contributed by atoms with Crippen molar-refractivity contribution in [1.29, 1.82) is 0 Å². The van der Waals surface area contributed by atoms with Crippen molar-refractivity contribution in [2.24, 2.45) is 0 Å². The first kappa shape index (κ1) is 26.7. The fourth-order valence-electron chi connectivity index (χ4n) is 4.51. The molecule has 196 valence electrons. The van der Waals surface area contributed by atoms with E-state index in [-0.39, 0.29) is 24.0 Å². The summed E-state index contributed by atoms with van der Waals surface area (Å²) in [6.07, 6.45) is 3.65. The number of urea groups is 1. The molecule has 2 aromatic carbocycles. The van der Waals surface area contributed by atoms with Crippen molar-refractivity contribution in [2.45, 2.75) is 78.0 Å². The molecule has 3 N–H and O–H groups in total. The van der Waals surface area contributed by atoms with Gasteiger partial charge in [-0.15, -0.1) is 11.3 Å². The lowest BCUT2D eigenvalue weighted by atomic mass is 9.90.